The average molecular weight is 260 g/mol. The first kappa shape index (κ1) is 13.3. The van der Waals surface area contributed by atoms with Gasteiger partial charge in [0.15, 0.2) is 0 Å². The van der Waals surface area contributed by atoms with Crippen LogP contribution >= 0.6 is 0 Å². The lowest BCUT2D eigenvalue weighted by Crippen LogP contribution is -1.97. The SMILES string of the molecule is CCCc1ccc(-c2nnc(CCC(=O)O)o2)cc1. The number of rotatable bonds is 6. The van der Waals surface area contributed by atoms with E-state index in [9.17, 15) is 4.79 Å². The van der Waals surface area contributed by atoms with Crippen molar-refractivity contribution in [3.63, 3.8) is 0 Å². The van der Waals surface area contributed by atoms with Crippen LogP contribution < -0.4 is 0 Å². The van der Waals surface area contributed by atoms with Crippen LogP contribution in [-0.2, 0) is 17.6 Å². The van der Waals surface area contributed by atoms with Crippen molar-refractivity contribution in [2.75, 3.05) is 0 Å². The molecule has 0 radical (unpaired) electrons. The second-order valence-corrected chi connectivity index (χ2v) is 4.34. The molecule has 100 valence electrons. The summed E-state index contributed by atoms with van der Waals surface area (Å²) in [5.74, 6) is -0.0814. The topological polar surface area (TPSA) is 76.2 Å². The van der Waals surface area contributed by atoms with Crippen molar-refractivity contribution in [1.29, 1.82) is 0 Å². The monoisotopic (exact) mass is 260 g/mol. The third kappa shape index (κ3) is 3.64. The number of hydrogen-bond acceptors (Lipinski definition) is 4. The zero-order chi connectivity index (χ0) is 13.7. The van der Waals surface area contributed by atoms with Gasteiger partial charge in [-0.2, -0.15) is 0 Å². The van der Waals surface area contributed by atoms with Crippen molar-refractivity contribution in [2.45, 2.75) is 32.6 Å². The van der Waals surface area contributed by atoms with Crippen molar-refractivity contribution in [3.05, 3.63) is 35.7 Å². The Kier molecular flexibility index (Phi) is 4.28. The summed E-state index contributed by atoms with van der Waals surface area (Å²) in [6, 6.07) is 7.97. The first-order valence-corrected chi connectivity index (χ1v) is 6.32. The highest BCUT2D eigenvalue weighted by Gasteiger charge is 2.09. The molecule has 0 bridgehead atoms. The highest BCUT2D eigenvalue weighted by atomic mass is 16.4. The maximum Gasteiger partial charge on any atom is 0.303 e. The third-order valence-electron chi connectivity index (χ3n) is 2.76. The molecule has 2 aromatic rings. The van der Waals surface area contributed by atoms with Crippen molar-refractivity contribution >= 4 is 5.97 Å². The summed E-state index contributed by atoms with van der Waals surface area (Å²) < 4.78 is 5.43. The molecule has 0 amide bonds. The van der Waals surface area contributed by atoms with Crippen LogP contribution in [0.25, 0.3) is 11.5 Å². The lowest BCUT2D eigenvalue weighted by atomic mass is 10.1. The fourth-order valence-electron chi connectivity index (χ4n) is 1.79. The van der Waals surface area contributed by atoms with Gasteiger partial charge in [-0.05, 0) is 24.1 Å². The fraction of sp³-hybridized carbons (Fsp3) is 0.357. The first-order valence-electron chi connectivity index (χ1n) is 6.32. The van der Waals surface area contributed by atoms with Gasteiger partial charge in [0.1, 0.15) is 0 Å². The van der Waals surface area contributed by atoms with E-state index in [4.69, 9.17) is 9.52 Å². The van der Waals surface area contributed by atoms with Gasteiger partial charge in [0, 0.05) is 12.0 Å². The Morgan fingerprint density at radius 1 is 1.21 bits per heavy atom. The smallest absolute Gasteiger partial charge is 0.303 e. The number of hydrogen-bond donors (Lipinski definition) is 1. The first-order chi connectivity index (χ1) is 9.19. The summed E-state index contributed by atoms with van der Waals surface area (Å²) in [5, 5.41) is 16.4. The molecule has 1 aromatic carbocycles. The van der Waals surface area contributed by atoms with Gasteiger partial charge in [-0.15, -0.1) is 10.2 Å². The van der Waals surface area contributed by atoms with Crippen molar-refractivity contribution in [3.8, 4) is 11.5 Å². The molecule has 0 aliphatic heterocycles. The highest BCUT2D eigenvalue weighted by molar-refractivity contribution is 5.66. The maximum atomic E-state index is 10.5. The second kappa shape index (κ2) is 6.13. The minimum absolute atomic E-state index is 0.00291. The van der Waals surface area contributed by atoms with Gasteiger partial charge in [0.05, 0.1) is 6.42 Å². The number of nitrogens with zero attached hydrogens (tertiary/aromatic N) is 2. The van der Waals surface area contributed by atoms with E-state index in [1.807, 2.05) is 24.3 Å². The van der Waals surface area contributed by atoms with Gasteiger partial charge in [-0.3, -0.25) is 4.79 Å². The molecule has 19 heavy (non-hydrogen) atoms. The van der Waals surface area contributed by atoms with Crippen LogP contribution in [0.5, 0.6) is 0 Å². The van der Waals surface area contributed by atoms with E-state index in [0.717, 1.165) is 18.4 Å². The Labute approximate surface area is 111 Å². The lowest BCUT2D eigenvalue weighted by molar-refractivity contribution is -0.137. The van der Waals surface area contributed by atoms with E-state index in [1.165, 1.54) is 5.56 Å². The summed E-state index contributed by atoms with van der Waals surface area (Å²) in [7, 11) is 0. The van der Waals surface area contributed by atoms with E-state index in [2.05, 4.69) is 17.1 Å². The zero-order valence-corrected chi connectivity index (χ0v) is 10.8. The minimum Gasteiger partial charge on any atom is -0.481 e. The largest absolute Gasteiger partial charge is 0.481 e. The Morgan fingerprint density at radius 3 is 2.58 bits per heavy atom. The summed E-state index contributed by atoms with van der Waals surface area (Å²) in [6.45, 7) is 2.14. The van der Waals surface area contributed by atoms with E-state index in [-0.39, 0.29) is 12.8 Å². The van der Waals surface area contributed by atoms with Gasteiger partial charge in [0.25, 0.3) is 0 Å². The Morgan fingerprint density at radius 2 is 1.95 bits per heavy atom. The summed E-state index contributed by atoms with van der Waals surface area (Å²) in [6.07, 6.45) is 2.42. The van der Waals surface area contributed by atoms with Crippen LogP contribution in [0.2, 0.25) is 0 Å². The molecule has 0 saturated carbocycles. The molecule has 0 saturated heterocycles. The Hall–Kier alpha value is -2.17. The van der Waals surface area contributed by atoms with E-state index >= 15 is 0 Å². The van der Waals surface area contributed by atoms with Gasteiger partial charge in [-0.1, -0.05) is 25.5 Å². The molecule has 0 aliphatic carbocycles. The highest BCUT2D eigenvalue weighted by Crippen LogP contribution is 2.19. The molecule has 0 fully saturated rings. The molecule has 5 heteroatoms. The molecule has 1 N–H and O–H groups in total. The summed E-state index contributed by atoms with van der Waals surface area (Å²) in [4.78, 5) is 10.5. The van der Waals surface area contributed by atoms with Crippen LogP contribution in [0, 0.1) is 0 Å². The summed E-state index contributed by atoms with van der Waals surface area (Å²) in [5.41, 5.74) is 2.13. The van der Waals surface area contributed by atoms with Gasteiger partial charge in [-0.25, -0.2) is 0 Å². The minimum atomic E-state index is -0.872. The molecule has 0 spiro atoms. The average Bonchev–Trinajstić information content (AvgIpc) is 2.86. The van der Waals surface area contributed by atoms with Crippen LogP contribution in [0.15, 0.2) is 28.7 Å². The molecular formula is C14H16N2O3. The van der Waals surface area contributed by atoms with Crippen molar-refractivity contribution < 1.29 is 14.3 Å². The second-order valence-electron chi connectivity index (χ2n) is 4.34. The predicted molar refractivity (Wildman–Crippen MR) is 69.7 cm³/mol. The maximum absolute atomic E-state index is 10.5. The van der Waals surface area contributed by atoms with Crippen LogP contribution in [0.4, 0.5) is 0 Å². The molecule has 0 aliphatic rings. The summed E-state index contributed by atoms with van der Waals surface area (Å²) >= 11 is 0. The van der Waals surface area contributed by atoms with Crippen LogP contribution in [-0.4, -0.2) is 21.3 Å². The molecule has 5 nitrogen and oxygen atoms in total. The van der Waals surface area contributed by atoms with Crippen molar-refractivity contribution in [1.82, 2.24) is 10.2 Å². The van der Waals surface area contributed by atoms with Crippen LogP contribution in [0.3, 0.4) is 0 Å². The van der Waals surface area contributed by atoms with Gasteiger partial charge < -0.3 is 9.52 Å². The molecule has 2 rings (SSSR count). The number of aryl methyl sites for hydroxylation is 2. The number of carboxylic acids is 1. The standard InChI is InChI=1S/C14H16N2O3/c1-2-3-10-4-6-11(7-5-10)14-16-15-12(19-14)8-9-13(17)18/h4-7H,2-3,8-9H2,1H3,(H,17,18). The van der Waals surface area contributed by atoms with Gasteiger partial charge in [0.2, 0.25) is 11.8 Å². The fourth-order valence-corrected chi connectivity index (χ4v) is 1.79. The third-order valence-corrected chi connectivity index (χ3v) is 2.76. The lowest BCUT2D eigenvalue weighted by Gasteiger charge is -1.99. The van der Waals surface area contributed by atoms with E-state index in [0.29, 0.717) is 11.8 Å². The van der Waals surface area contributed by atoms with Crippen LogP contribution in [0.1, 0.15) is 31.2 Å². The number of aromatic nitrogens is 2. The predicted octanol–water partition coefficient (Wildman–Crippen LogP) is 2.71. The molecule has 0 atom stereocenters. The Balaban J connectivity index is 2.07. The normalized spacial score (nSPS) is 10.6. The number of carbonyl (C=O) groups is 1. The quantitative estimate of drug-likeness (QED) is 0.864. The van der Waals surface area contributed by atoms with E-state index in [1.54, 1.807) is 0 Å². The van der Waals surface area contributed by atoms with E-state index < -0.39 is 5.97 Å². The van der Waals surface area contributed by atoms with Gasteiger partial charge >= 0.3 is 5.97 Å². The Bertz CT molecular complexity index is 546. The molecule has 1 heterocycles. The molecular weight excluding hydrogens is 244 g/mol. The molecule has 1 aromatic heterocycles. The zero-order valence-electron chi connectivity index (χ0n) is 10.8. The van der Waals surface area contributed by atoms with Crippen molar-refractivity contribution in [2.24, 2.45) is 0 Å². The molecule has 0 unspecified atom stereocenters. The number of carboxylic acid groups (broad SMARTS) is 1. The number of benzene rings is 1. The number of aliphatic carboxylic acids is 1.